The summed E-state index contributed by atoms with van der Waals surface area (Å²) in [6.45, 7) is 0. The summed E-state index contributed by atoms with van der Waals surface area (Å²) in [5.41, 5.74) is 1.11. The molecule has 0 unspecified atom stereocenters. The third-order valence-corrected chi connectivity index (χ3v) is 3.02. The number of halogens is 2. The topological polar surface area (TPSA) is 68.0 Å². The van der Waals surface area contributed by atoms with Crippen LogP contribution in [0.5, 0.6) is 0 Å². The summed E-state index contributed by atoms with van der Waals surface area (Å²) in [6, 6.07) is 8.60. The van der Waals surface area contributed by atoms with E-state index in [1.54, 1.807) is 12.1 Å². The number of rotatable bonds is 2. The Morgan fingerprint density at radius 3 is 2.80 bits per heavy atom. The van der Waals surface area contributed by atoms with Gasteiger partial charge in [0.1, 0.15) is 11.3 Å². The molecule has 100 valence electrons. The van der Waals surface area contributed by atoms with Crippen LogP contribution in [-0.2, 0) is 0 Å². The van der Waals surface area contributed by atoms with Gasteiger partial charge in [-0.1, -0.05) is 22.9 Å². The van der Waals surface area contributed by atoms with E-state index in [0.717, 1.165) is 0 Å². The van der Waals surface area contributed by atoms with Crippen LogP contribution >= 0.6 is 11.6 Å². The van der Waals surface area contributed by atoms with Gasteiger partial charge in [-0.05, 0) is 30.3 Å². The van der Waals surface area contributed by atoms with Crippen molar-refractivity contribution in [3.63, 3.8) is 0 Å². The zero-order valence-electron chi connectivity index (χ0n) is 9.92. The fourth-order valence-electron chi connectivity index (χ4n) is 1.97. The van der Waals surface area contributed by atoms with Crippen molar-refractivity contribution in [1.29, 1.82) is 0 Å². The quantitative estimate of drug-likeness (QED) is 0.788. The second kappa shape index (κ2) is 4.57. The number of nitrogens with zero attached hydrogens (tertiary/aromatic N) is 3. The van der Waals surface area contributed by atoms with Crippen LogP contribution in [0.15, 0.2) is 36.4 Å². The molecular formula is C13H7ClFN3O2. The molecule has 0 aliphatic heterocycles. The van der Waals surface area contributed by atoms with Gasteiger partial charge >= 0.3 is 5.97 Å². The maximum atomic E-state index is 13.4. The van der Waals surface area contributed by atoms with Crippen molar-refractivity contribution in [3.8, 4) is 5.69 Å². The number of benzene rings is 2. The van der Waals surface area contributed by atoms with E-state index in [4.69, 9.17) is 16.7 Å². The first kappa shape index (κ1) is 12.6. The minimum absolute atomic E-state index is 0.0382. The lowest BCUT2D eigenvalue weighted by Crippen LogP contribution is -1.99. The number of carboxylic acid groups (broad SMARTS) is 1. The molecule has 7 heteroatoms. The van der Waals surface area contributed by atoms with Crippen molar-refractivity contribution in [3.05, 3.63) is 52.8 Å². The standard InChI is InChI=1S/C13H7ClFN3O2/c14-7-4-8(15)6-9(5-7)18-11-3-1-2-10(13(19)20)12(11)16-17-18/h1-6H,(H,19,20). The molecule has 0 spiro atoms. The number of carbonyl (C=O) groups is 1. The highest BCUT2D eigenvalue weighted by Gasteiger charge is 2.15. The maximum Gasteiger partial charge on any atom is 0.338 e. The predicted molar refractivity (Wildman–Crippen MR) is 70.8 cm³/mol. The Labute approximate surface area is 117 Å². The van der Waals surface area contributed by atoms with Crippen molar-refractivity contribution in [2.45, 2.75) is 0 Å². The number of aromatic carboxylic acids is 1. The Balaban J connectivity index is 2.28. The lowest BCUT2D eigenvalue weighted by Gasteiger charge is -2.03. The molecule has 0 saturated carbocycles. The highest BCUT2D eigenvalue weighted by Crippen LogP contribution is 2.22. The monoisotopic (exact) mass is 291 g/mol. The Hall–Kier alpha value is -2.47. The van der Waals surface area contributed by atoms with E-state index in [9.17, 15) is 9.18 Å². The fourth-order valence-corrected chi connectivity index (χ4v) is 2.19. The van der Waals surface area contributed by atoms with Gasteiger partial charge in [0.05, 0.1) is 16.8 Å². The third-order valence-electron chi connectivity index (χ3n) is 2.80. The molecule has 1 aromatic heterocycles. The molecule has 0 fully saturated rings. The van der Waals surface area contributed by atoms with E-state index in [0.29, 0.717) is 11.2 Å². The number of aromatic nitrogens is 3. The van der Waals surface area contributed by atoms with Crippen LogP contribution < -0.4 is 0 Å². The van der Waals surface area contributed by atoms with Gasteiger partial charge in [-0.15, -0.1) is 5.10 Å². The Kier molecular flexibility index (Phi) is 2.87. The van der Waals surface area contributed by atoms with Crippen LogP contribution in [0.2, 0.25) is 5.02 Å². The van der Waals surface area contributed by atoms with Crippen molar-refractivity contribution in [2.24, 2.45) is 0 Å². The molecule has 1 heterocycles. The summed E-state index contributed by atoms with van der Waals surface area (Å²) in [7, 11) is 0. The summed E-state index contributed by atoms with van der Waals surface area (Å²) in [4.78, 5) is 11.1. The average Bonchev–Trinajstić information content (AvgIpc) is 2.80. The highest BCUT2D eigenvalue weighted by molar-refractivity contribution is 6.30. The van der Waals surface area contributed by atoms with E-state index < -0.39 is 11.8 Å². The van der Waals surface area contributed by atoms with Crippen LogP contribution in [0.25, 0.3) is 16.7 Å². The summed E-state index contributed by atoms with van der Waals surface area (Å²) >= 11 is 5.80. The summed E-state index contributed by atoms with van der Waals surface area (Å²) < 4.78 is 14.7. The molecule has 3 rings (SSSR count). The largest absolute Gasteiger partial charge is 0.478 e. The summed E-state index contributed by atoms with van der Waals surface area (Å²) in [5, 5.41) is 17.0. The second-order valence-electron chi connectivity index (χ2n) is 4.11. The first-order chi connectivity index (χ1) is 9.56. The van der Waals surface area contributed by atoms with Crippen molar-refractivity contribution in [2.75, 3.05) is 0 Å². The molecule has 0 radical (unpaired) electrons. The maximum absolute atomic E-state index is 13.4. The van der Waals surface area contributed by atoms with E-state index >= 15 is 0 Å². The SMILES string of the molecule is O=C(O)c1cccc2c1nnn2-c1cc(F)cc(Cl)c1. The highest BCUT2D eigenvalue weighted by atomic mass is 35.5. The van der Waals surface area contributed by atoms with E-state index in [1.807, 2.05) is 0 Å². The van der Waals surface area contributed by atoms with Crippen LogP contribution in [-0.4, -0.2) is 26.1 Å². The molecule has 1 N–H and O–H groups in total. The van der Waals surface area contributed by atoms with Crippen molar-refractivity contribution >= 4 is 28.6 Å². The van der Waals surface area contributed by atoms with E-state index in [1.165, 1.54) is 28.9 Å². The van der Waals surface area contributed by atoms with Crippen molar-refractivity contribution < 1.29 is 14.3 Å². The normalized spacial score (nSPS) is 10.9. The molecule has 0 amide bonds. The van der Waals surface area contributed by atoms with Gasteiger partial charge in [-0.3, -0.25) is 0 Å². The average molecular weight is 292 g/mol. The molecule has 0 aliphatic rings. The van der Waals surface area contributed by atoms with Crippen LogP contribution in [0, 0.1) is 5.82 Å². The van der Waals surface area contributed by atoms with Crippen LogP contribution in [0.1, 0.15) is 10.4 Å². The van der Waals surface area contributed by atoms with Gasteiger partial charge in [0.15, 0.2) is 0 Å². The molecule has 5 nitrogen and oxygen atoms in total. The van der Waals surface area contributed by atoms with Crippen molar-refractivity contribution in [1.82, 2.24) is 15.0 Å². The summed E-state index contributed by atoms with van der Waals surface area (Å²) in [5.74, 6) is -1.61. The van der Waals surface area contributed by atoms with Gasteiger partial charge in [0, 0.05) is 5.02 Å². The third kappa shape index (κ3) is 2.00. The first-order valence-electron chi connectivity index (χ1n) is 5.60. The van der Waals surface area contributed by atoms with Gasteiger partial charge in [-0.2, -0.15) is 0 Å². The van der Waals surface area contributed by atoms with Crippen LogP contribution in [0.4, 0.5) is 4.39 Å². The van der Waals surface area contributed by atoms with Gasteiger partial charge in [-0.25, -0.2) is 13.9 Å². The molecule has 0 bridgehead atoms. The molecule has 2 aromatic carbocycles. The molecule has 0 aliphatic carbocycles. The molecule has 0 atom stereocenters. The van der Waals surface area contributed by atoms with Gasteiger partial charge < -0.3 is 5.11 Å². The Morgan fingerprint density at radius 2 is 2.10 bits per heavy atom. The number of hydrogen-bond donors (Lipinski definition) is 1. The fraction of sp³-hybridized carbons (Fsp3) is 0. The molecular weight excluding hydrogens is 285 g/mol. The zero-order chi connectivity index (χ0) is 14.3. The van der Waals surface area contributed by atoms with E-state index in [-0.39, 0.29) is 16.1 Å². The molecule has 0 saturated heterocycles. The first-order valence-corrected chi connectivity index (χ1v) is 5.98. The Bertz CT molecular complexity index is 811. The summed E-state index contributed by atoms with van der Waals surface area (Å²) in [6.07, 6.45) is 0. The van der Waals surface area contributed by atoms with Crippen LogP contribution in [0.3, 0.4) is 0 Å². The minimum Gasteiger partial charge on any atom is -0.478 e. The molecule has 20 heavy (non-hydrogen) atoms. The lowest BCUT2D eigenvalue weighted by molar-refractivity contribution is 0.0699. The number of fused-ring (bicyclic) bond motifs is 1. The Morgan fingerprint density at radius 1 is 1.30 bits per heavy atom. The second-order valence-corrected chi connectivity index (χ2v) is 4.54. The van der Waals surface area contributed by atoms with Gasteiger partial charge in [0.2, 0.25) is 0 Å². The van der Waals surface area contributed by atoms with E-state index in [2.05, 4.69) is 10.3 Å². The smallest absolute Gasteiger partial charge is 0.338 e. The minimum atomic E-state index is -1.10. The number of carboxylic acids is 1. The predicted octanol–water partition coefficient (Wildman–Crippen LogP) is 2.91. The van der Waals surface area contributed by atoms with Gasteiger partial charge in [0.25, 0.3) is 0 Å². The number of hydrogen-bond acceptors (Lipinski definition) is 3. The zero-order valence-corrected chi connectivity index (χ0v) is 10.7. The molecule has 3 aromatic rings. The lowest BCUT2D eigenvalue weighted by atomic mass is 10.2.